The van der Waals surface area contributed by atoms with E-state index in [1.807, 2.05) is 19.9 Å². The quantitative estimate of drug-likeness (QED) is 0.884. The van der Waals surface area contributed by atoms with E-state index in [0.29, 0.717) is 16.3 Å². The molecule has 2 aromatic carbocycles. The zero-order chi connectivity index (χ0) is 14.9. The van der Waals surface area contributed by atoms with Gasteiger partial charge in [-0.3, -0.25) is 4.31 Å². The molecule has 0 saturated carbocycles. The molecule has 0 bridgehead atoms. The summed E-state index contributed by atoms with van der Waals surface area (Å²) in [5.74, 6) is 0. The van der Waals surface area contributed by atoms with Crippen molar-refractivity contribution in [3.63, 3.8) is 0 Å². The average Bonchev–Trinajstić information content (AvgIpc) is 2.41. The van der Waals surface area contributed by atoms with Crippen LogP contribution >= 0.6 is 0 Å². The SMILES string of the molecule is Cc1ccc(S(=O)(=O)N(C)c2ccc(N)cc2)cc1C. The standard InChI is InChI=1S/C15H18N2O2S/c1-11-4-9-15(10-12(11)2)20(18,19)17(3)14-7-5-13(16)6-8-14/h4-10H,16H2,1-3H3. The fraction of sp³-hybridized carbons (Fsp3) is 0.200. The van der Waals surface area contributed by atoms with Crippen LogP contribution in [0.3, 0.4) is 0 Å². The van der Waals surface area contributed by atoms with Crippen molar-refractivity contribution in [2.45, 2.75) is 18.7 Å². The number of sulfonamides is 1. The Labute approximate surface area is 119 Å². The molecule has 5 heteroatoms. The number of benzene rings is 2. The molecule has 0 aliphatic heterocycles. The van der Waals surface area contributed by atoms with Crippen molar-refractivity contribution >= 4 is 21.4 Å². The minimum Gasteiger partial charge on any atom is -0.399 e. The third-order valence-corrected chi connectivity index (χ3v) is 5.18. The maximum Gasteiger partial charge on any atom is 0.264 e. The zero-order valence-electron chi connectivity index (χ0n) is 11.8. The summed E-state index contributed by atoms with van der Waals surface area (Å²) in [7, 11) is -2.01. The van der Waals surface area contributed by atoms with Crippen LogP contribution in [0.15, 0.2) is 47.4 Å². The Morgan fingerprint density at radius 3 is 2.10 bits per heavy atom. The lowest BCUT2D eigenvalue weighted by atomic mass is 10.1. The Hall–Kier alpha value is -2.01. The summed E-state index contributed by atoms with van der Waals surface area (Å²) in [4.78, 5) is 0.292. The predicted octanol–water partition coefficient (Wildman–Crippen LogP) is 2.71. The van der Waals surface area contributed by atoms with E-state index >= 15 is 0 Å². The molecule has 0 heterocycles. The third-order valence-electron chi connectivity index (χ3n) is 3.39. The van der Waals surface area contributed by atoms with Crippen molar-refractivity contribution in [2.75, 3.05) is 17.1 Å². The molecule has 0 saturated heterocycles. The van der Waals surface area contributed by atoms with Gasteiger partial charge in [-0.25, -0.2) is 8.42 Å². The Morgan fingerprint density at radius 2 is 1.55 bits per heavy atom. The highest BCUT2D eigenvalue weighted by Crippen LogP contribution is 2.24. The number of nitrogens with zero attached hydrogens (tertiary/aromatic N) is 1. The highest BCUT2D eigenvalue weighted by atomic mass is 32.2. The second-order valence-electron chi connectivity index (χ2n) is 4.81. The molecule has 0 amide bonds. The van der Waals surface area contributed by atoms with Gasteiger partial charge in [0, 0.05) is 12.7 Å². The number of hydrogen-bond acceptors (Lipinski definition) is 3. The largest absolute Gasteiger partial charge is 0.399 e. The first-order chi connectivity index (χ1) is 9.32. The average molecular weight is 290 g/mol. The van der Waals surface area contributed by atoms with Gasteiger partial charge in [0.15, 0.2) is 0 Å². The summed E-state index contributed by atoms with van der Waals surface area (Å²) in [6.07, 6.45) is 0. The number of rotatable bonds is 3. The van der Waals surface area contributed by atoms with E-state index in [9.17, 15) is 8.42 Å². The maximum absolute atomic E-state index is 12.6. The van der Waals surface area contributed by atoms with Crippen LogP contribution in [0, 0.1) is 13.8 Å². The van der Waals surface area contributed by atoms with E-state index < -0.39 is 10.0 Å². The van der Waals surface area contributed by atoms with Crippen molar-refractivity contribution in [3.05, 3.63) is 53.6 Å². The molecule has 0 aliphatic rings. The summed E-state index contributed by atoms with van der Waals surface area (Å²) in [5, 5.41) is 0. The molecule has 106 valence electrons. The minimum atomic E-state index is -3.55. The van der Waals surface area contributed by atoms with Crippen LogP contribution in [0.25, 0.3) is 0 Å². The van der Waals surface area contributed by atoms with Gasteiger partial charge >= 0.3 is 0 Å². The maximum atomic E-state index is 12.6. The molecule has 4 nitrogen and oxygen atoms in total. The Kier molecular flexibility index (Phi) is 3.72. The van der Waals surface area contributed by atoms with Gasteiger partial charge in [-0.2, -0.15) is 0 Å². The van der Waals surface area contributed by atoms with Gasteiger partial charge in [-0.05, 0) is 61.4 Å². The molecular formula is C15H18N2O2S. The highest BCUT2D eigenvalue weighted by Gasteiger charge is 2.21. The molecule has 0 radical (unpaired) electrons. The first-order valence-electron chi connectivity index (χ1n) is 6.24. The summed E-state index contributed by atoms with van der Waals surface area (Å²) in [6, 6.07) is 11.9. The number of anilines is 2. The molecule has 0 atom stereocenters. The van der Waals surface area contributed by atoms with Crippen LogP contribution in [0.2, 0.25) is 0 Å². The lowest BCUT2D eigenvalue weighted by Crippen LogP contribution is -2.26. The Balaban J connectivity index is 2.43. The normalized spacial score (nSPS) is 11.3. The van der Waals surface area contributed by atoms with Gasteiger partial charge < -0.3 is 5.73 Å². The molecule has 0 unspecified atom stereocenters. The van der Waals surface area contributed by atoms with Crippen LogP contribution < -0.4 is 10.0 Å². The summed E-state index contributed by atoms with van der Waals surface area (Å²) >= 11 is 0. The molecule has 0 spiro atoms. The van der Waals surface area contributed by atoms with Gasteiger partial charge in [0.2, 0.25) is 0 Å². The van der Waals surface area contributed by atoms with Gasteiger partial charge in [0.25, 0.3) is 10.0 Å². The smallest absolute Gasteiger partial charge is 0.264 e. The monoisotopic (exact) mass is 290 g/mol. The number of nitrogen functional groups attached to an aromatic ring is 1. The summed E-state index contributed by atoms with van der Waals surface area (Å²) in [5.41, 5.74) is 8.82. The molecule has 2 rings (SSSR count). The molecule has 2 aromatic rings. The Morgan fingerprint density at radius 1 is 0.950 bits per heavy atom. The molecule has 20 heavy (non-hydrogen) atoms. The van der Waals surface area contributed by atoms with Crippen LogP contribution in [-0.2, 0) is 10.0 Å². The molecule has 0 aliphatic carbocycles. The van der Waals surface area contributed by atoms with Crippen molar-refractivity contribution in [1.82, 2.24) is 0 Å². The topological polar surface area (TPSA) is 63.4 Å². The zero-order valence-corrected chi connectivity index (χ0v) is 12.6. The minimum absolute atomic E-state index is 0.292. The van der Waals surface area contributed by atoms with Crippen molar-refractivity contribution < 1.29 is 8.42 Å². The van der Waals surface area contributed by atoms with E-state index in [-0.39, 0.29) is 0 Å². The fourth-order valence-electron chi connectivity index (χ4n) is 1.86. The van der Waals surface area contributed by atoms with Gasteiger partial charge in [-0.15, -0.1) is 0 Å². The van der Waals surface area contributed by atoms with E-state index in [4.69, 9.17) is 5.73 Å². The van der Waals surface area contributed by atoms with Gasteiger partial charge in [0.05, 0.1) is 10.6 Å². The van der Waals surface area contributed by atoms with Crippen LogP contribution in [0.4, 0.5) is 11.4 Å². The van der Waals surface area contributed by atoms with Crippen molar-refractivity contribution in [3.8, 4) is 0 Å². The first-order valence-corrected chi connectivity index (χ1v) is 7.68. The van der Waals surface area contributed by atoms with E-state index in [1.165, 1.54) is 11.4 Å². The van der Waals surface area contributed by atoms with Crippen LogP contribution in [-0.4, -0.2) is 15.5 Å². The van der Waals surface area contributed by atoms with Gasteiger partial charge in [0.1, 0.15) is 0 Å². The third kappa shape index (κ3) is 2.63. The van der Waals surface area contributed by atoms with Crippen LogP contribution in [0.5, 0.6) is 0 Å². The lowest BCUT2D eigenvalue weighted by molar-refractivity contribution is 0.594. The Bertz CT molecular complexity index is 722. The molecule has 0 aromatic heterocycles. The fourth-order valence-corrected chi connectivity index (χ4v) is 3.14. The number of hydrogen-bond donors (Lipinski definition) is 1. The van der Waals surface area contributed by atoms with Crippen molar-refractivity contribution in [1.29, 1.82) is 0 Å². The van der Waals surface area contributed by atoms with E-state index in [0.717, 1.165) is 11.1 Å². The molecule has 0 fully saturated rings. The van der Waals surface area contributed by atoms with Crippen LogP contribution in [0.1, 0.15) is 11.1 Å². The number of nitrogens with two attached hydrogens (primary N) is 1. The summed E-state index contributed by atoms with van der Waals surface area (Å²) < 4.78 is 26.4. The summed E-state index contributed by atoms with van der Waals surface area (Å²) in [6.45, 7) is 3.85. The van der Waals surface area contributed by atoms with Gasteiger partial charge in [-0.1, -0.05) is 6.07 Å². The number of aryl methyl sites for hydroxylation is 2. The first kappa shape index (κ1) is 14.4. The lowest BCUT2D eigenvalue weighted by Gasteiger charge is -2.20. The molecular weight excluding hydrogens is 272 g/mol. The highest BCUT2D eigenvalue weighted by molar-refractivity contribution is 7.92. The second kappa shape index (κ2) is 5.17. The van der Waals surface area contributed by atoms with Crippen molar-refractivity contribution in [2.24, 2.45) is 0 Å². The second-order valence-corrected chi connectivity index (χ2v) is 6.78. The van der Waals surface area contributed by atoms with E-state index in [2.05, 4.69) is 0 Å². The predicted molar refractivity (Wildman–Crippen MR) is 82.4 cm³/mol. The molecule has 2 N–H and O–H groups in total. The van der Waals surface area contributed by atoms with E-state index in [1.54, 1.807) is 36.4 Å².